The molecule has 8 heteroatoms. The van der Waals surface area contributed by atoms with Gasteiger partial charge in [-0.2, -0.15) is 4.98 Å². The summed E-state index contributed by atoms with van der Waals surface area (Å²) in [5.74, 6) is 2.60. The molecule has 1 atom stereocenters. The summed E-state index contributed by atoms with van der Waals surface area (Å²) in [5.41, 5.74) is 0.821. The fourth-order valence-electron chi connectivity index (χ4n) is 3.04. The first-order valence-corrected chi connectivity index (χ1v) is 9.17. The molecule has 1 aromatic carbocycles. The van der Waals surface area contributed by atoms with Gasteiger partial charge in [0.05, 0.1) is 19.8 Å². The lowest BCUT2D eigenvalue weighted by atomic mass is 10.2. The second kappa shape index (κ2) is 9.38. The Hall–Kier alpha value is -2.58. The SMILES string of the molecule is CNc1ccnc(Nc2ccc(OC)c(OCCCN3CCC(O)C3)c2)n1. The van der Waals surface area contributed by atoms with E-state index in [4.69, 9.17) is 9.47 Å². The fraction of sp³-hybridized carbons (Fsp3) is 0.474. The molecule has 0 amide bonds. The number of aliphatic hydroxyl groups is 1. The number of methoxy groups -OCH3 is 1. The molecule has 146 valence electrons. The summed E-state index contributed by atoms with van der Waals surface area (Å²) in [6.45, 7) is 3.21. The standard InChI is InChI=1S/C19H27N5O3/c1-20-18-6-8-21-19(23-18)22-14-4-5-16(26-2)17(12-14)27-11-3-9-24-10-7-15(25)13-24/h4-6,8,12,15,25H,3,7,9-11,13H2,1-2H3,(H2,20,21,22,23). The topological polar surface area (TPSA) is 91.8 Å². The molecule has 0 aliphatic carbocycles. The molecule has 27 heavy (non-hydrogen) atoms. The molecule has 0 spiro atoms. The number of hydrogen-bond acceptors (Lipinski definition) is 8. The van der Waals surface area contributed by atoms with E-state index in [0.29, 0.717) is 24.1 Å². The number of hydrogen-bond donors (Lipinski definition) is 3. The highest BCUT2D eigenvalue weighted by Gasteiger charge is 2.19. The highest BCUT2D eigenvalue weighted by Crippen LogP contribution is 2.31. The van der Waals surface area contributed by atoms with Crippen molar-refractivity contribution >= 4 is 17.5 Å². The smallest absolute Gasteiger partial charge is 0.229 e. The normalized spacial score (nSPS) is 16.9. The quantitative estimate of drug-likeness (QED) is 0.576. The Morgan fingerprint density at radius 3 is 2.93 bits per heavy atom. The average Bonchev–Trinajstić information content (AvgIpc) is 3.11. The zero-order chi connectivity index (χ0) is 19.1. The van der Waals surface area contributed by atoms with Gasteiger partial charge in [0.25, 0.3) is 0 Å². The Morgan fingerprint density at radius 2 is 2.19 bits per heavy atom. The van der Waals surface area contributed by atoms with E-state index in [1.165, 1.54) is 0 Å². The minimum atomic E-state index is -0.183. The van der Waals surface area contributed by atoms with E-state index in [1.54, 1.807) is 19.4 Å². The van der Waals surface area contributed by atoms with E-state index in [1.807, 2.05) is 25.2 Å². The summed E-state index contributed by atoms with van der Waals surface area (Å²) in [6, 6.07) is 7.43. The molecule has 1 unspecified atom stereocenters. The van der Waals surface area contributed by atoms with Gasteiger partial charge in [-0.15, -0.1) is 0 Å². The van der Waals surface area contributed by atoms with Crippen molar-refractivity contribution in [2.24, 2.45) is 0 Å². The Bertz CT molecular complexity index is 743. The van der Waals surface area contributed by atoms with Crippen LogP contribution in [-0.4, -0.2) is 66.5 Å². The minimum Gasteiger partial charge on any atom is -0.493 e. The number of nitrogens with one attached hydrogen (secondary N) is 2. The van der Waals surface area contributed by atoms with Gasteiger partial charge in [0.1, 0.15) is 5.82 Å². The fourth-order valence-corrected chi connectivity index (χ4v) is 3.04. The van der Waals surface area contributed by atoms with Crippen molar-refractivity contribution in [3.05, 3.63) is 30.5 Å². The molecule has 0 radical (unpaired) electrons. The van der Waals surface area contributed by atoms with Crippen molar-refractivity contribution in [2.75, 3.05) is 51.0 Å². The molecule has 3 rings (SSSR count). The predicted molar refractivity (Wildman–Crippen MR) is 105 cm³/mol. The lowest BCUT2D eigenvalue weighted by Crippen LogP contribution is -2.24. The van der Waals surface area contributed by atoms with Gasteiger partial charge in [0.2, 0.25) is 5.95 Å². The van der Waals surface area contributed by atoms with Crippen LogP contribution in [0.25, 0.3) is 0 Å². The molecule has 3 N–H and O–H groups in total. The van der Waals surface area contributed by atoms with Gasteiger partial charge < -0.3 is 30.1 Å². The first kappa shape index (κ1) is 19.2. The third-order valence-corrected chi connectivity index (χ3v) is 4.46. The highest BCUT2D eigenvalue weighted by atomic mass is 16.5. The summed E-state index contributed by atoms with van der Waals surface area (Å²) < 4.78 is 11.3. The summed E-state index contributed by atoms with van der Waals surface area (Å²) in [7, 11) is 3.44. The van der Waals surface area contributed by atoms with Crippen molar-refractivity contribution in [2.45, 2.75) is 18.9 Å². The zero-order valence-corrected chi connectivity index (χ0v) is 15.8. The monoisotopic (exact) mass is 373 g/mol. The number of aromatic nitrogens is 2. The Kier molecular flexibility index (Phi) is 6.67. The van der Waals surface area contributed by atoms with Gasteiger partial charge in [-0.25, -0.2) is 4.98 Å². The van der Waals surface area contributed by atoms with Crippen molar-refractivity contribution < 1.29 is 14.6 Å². The van der Waals surface area contributed by atoms with Crippen molar-refractivity contribution in [3.63, 3.8) is 0 Å². The molecular weight excluding hydrogens is 346 g/mol. The Morgan fingerprint density at radius 1 is 1.30 bits per heavy atom. The number of β-amino-alcohol motifs (C(OH)–C–C–N with tert-alkyl or cyclic N) is 1. The van der Waals surface area contributed by atoms with E-state index in [9.17, 15) is 5.11 Å². The minimum absolute atomic E-state index is 0.183. The van der Waals surface area contributed by atoms with Crippen molar-refractivity contribution in [1.82, 2.24) is 14.9 Å². The number of benzene rings is 1. The first-order chi connectivity index (χ1) is 13.2. The van der Waals surface area contributed by atoms with Gasteiger partial charge in [0.15, 0.2) is 11.5 Å². The lowest BCUT2D eigenvalue weighted by Gasteiger charge is -2.16. The average molecular weight is 373 g/mol. The first-order valence-electron chi connectivity index (χ1n) is 9.17. The maximum absolute atomic E-state index is 9.58. The van der Waals surface area contributed by atoms with Crippen molar-refractivity contribution in [3.8, 4) is 11.5 Å². The van der Waals surface area contributed by atoms with Crippen LogP contribution in [0.5, 0.6) is 11.5 Å². The summed E-state index contributed by atoms with van der Waals surface area (Å²) in [4.78, 5) is 10.8. The van der Waals surface area contributed by atoms with Gasteiger partial charge >= 0.3 is 0 Å². The van der Waals surface area contributed by atoms with E-state index in [2.05, 4.69) is 25.5 Å². The van der Waals surface area contributed by atoms with Gasteiger partial charge in [-0.1, -0.05) is 0 Å². The molecular formula is C19H27N5O3. The molecule has 0 bridgehead atoms. The number of nitrogens with zero attached hydrogens (tertiary/aromatic N) is 3. The zero-order valence-electron chi connectivity index (χ0n) is 15.8. The highest BCUT2D eigenvalue weighted by molar-refractivity contribution is 5.60. The van der Waals surface area contributed by atoms with Crippen molar-refractivity contribution in [1.29, 1.82) is 0 Å². The van der Waals surface area contributed by atoms with Crippen LogP contribution >= 0.6 is 0 Å². The Labute approximate surface area is 159 Å². The number of anilines is 3. The van der Waals surface area contributed by atoms with E-state index in [0.717, 1.165) is 44.0 Å². The lowest BCUT2D eigenvalue weighted by molar-refractivity contribution is 0.172. The second-order valence-electron chi connectivity index (χ2n) is 6.45. The molecule has 0 saturated carbocycles. The maximum Gasteiger partial charge on any atom is 0.229 e. The summed E-state index contributed by atoms with van der Waals surface area (Å²) in [5, 5.41) is 15.7. The van der Waals surface area contributed by atoms with Gasteiger partial charge in [-0.05, 0) is 31.0 Å². The molecule has 2 aromatic rings. The van der Waals surface area contributed by atoms with Crippen LogP contribution in [0.3, 0.4) is 0 Å². The molecule has 1 aliphatic rings. The van der Waals surface area contributed by atoms with E-state index in [-0.39, 0.29) is 6.10 Å². The molecule has 1 saturated heterocycles. The van der Waals surface area contributed by atoms with Crippen LogP contribution in [0.4, 0.5) is 17.5 Å². The number of rotatable bonds is 9. The molecule has 1 aromatic heterocycles. The number of ether oxygens (including phenoxy) is 2. The van der Waals surface area contributed by atoms with Crippen LogP contribution in [-0.2, 0) is 0 Å². The van der Waals surface area contributed by atoms with Gasteiger partial charge in [-0.3, -0.25) is 0 Å². The second-order valence-corrected chi connectivity index (χ2v) is 6.45. The molecule has 2 heterocycles. The third-order valence-electron chi connectivity index (χ3n) is 4.46. The largest absolute Gasteiger partial charge is 0.493 e. The van der Waals surface area contributed by atoms with Crippen LogP contribution < -0.4 is 20.1 Å². The maximum atomic E-state index is 9.58. The predicted octanol–water partition coefficient (Wildman–Crippen LogP) is 2.11. The number of aliphatic hydroxyl groups excluding tert-OH is 1. The number of likely N-dealkylation sites (tertiary alicyclic amines) is 1. The van der Waals surface area contributed by atoms with Crippen LogP contribution in [0, 0.1) is 0 Å². The third kappa shape index (κ3) is 5.45. The van der Waals surface area contributed by atoms with Crippen LogP contribution in [0.2, 0.25) is 0 Å². The van der Waals surface area contributed by atoms with Crippen LogP contribution in [0.15, 0.2) is 30.5 Å². The van der Waals surface area contributed by atoms with E-state index < -0.39 is 0 Å². The summed E-state index contributed by atoms with van der Waals surface area (Å²) in [6.07, 6.45) is 3.26. The summed E-state index contributed by atoms with van der Waals surface area (Å²) >= 11 is 0. The van der Waals surface area contributed by atoms with E-state index >= 15 is 0 Å². The van der Waals surface area contributed by atoms with Crippen LogP contribution in [0.1, 0.15) is 12.8 Å². The van der Waals surface area contributed by atoms with Gasteiger partial charge in [0, 0.05) is 44.6 Å². The molecule has 8 nitrogen and oxygen atoms in total. The Balaban J connectivity index is 1.57. The molecule has 1 fully saturated rings. The molecule has 1 aliphatic heterocycles.